The van der Waals surface area contributed by atoms with E-state index in [1.165, 1.54) is 100 Å². The second kappa shape index (κ2) is 9.32. The molecule has 0 aromatic heterocycles. The normalized spacial score (nSPS) is 19.4. The molecule has 0 amide bonds. The fourth-order valence-corrected chi connectivity index (χ4v) is 38.6. The van der Waals surface area contributed by atoms with Crippen LogP contribution in [0.25, 0.3) is 34.4 Å². The van der Waals surface area contributed by atoms with E-state index >= 15 is 0 Å². The Morgan fingerprint density at radius 1 is 0.435 bits per heavy atom. The van der Waals surface area contributed by atoms with Gasteiger partial charge in [0.15, 0.2) is 0 Å². The molecule has 0 heterocycles. The molecule has 0 aliphatic heterocycles. The van der Waals surface area contributed by atoms with Gasteiger partial charge in [0, 0.05) is 0 Å². The maximum absolute atomic E-state index is 4.85. The van der Waals surface area contributed by atoms with Crippen molar-refractivity contribution >= 4 is 19.1 Å². The second-order valence-electron chi connectivity index (χ2n) is 19.6. The molecule has 2 atom stereocenters. The van der Waals surface area contributed by atoms with Crippen molar-refractivity contribution in [3.8, 4) is 22.3 Å². The van der Waals surface area contributed by atoms with Gasteiger partial charge in [-0.05, 0) is 0 Å². The van der Waals surface area contributed by atoms with Gasteiger partial charge in [0.2, 0.25) is 0 Å². The van der Waals surface area contributed by atoms with Crippen molar-refractivity contribution < 1.29 is 14.2 Å². The van der Waals surface area contributed by atoms with Crippen LogP contribution in [0.2, 0.25) is 18.7 Å². The van der Waals surface area contributed by atoms with Gasteiger partial charge < -0.3 is 0 Å². The summed E-state index contributed by atoms with van der Waals surface area (Å²) in [5.41, 5.74) is 25.8. The molecule has 0 spiro atoms. The zero-order valence-electron chi connectivity index (χ0n) is 31.1. The third-order valence-electron chi connectivity index (χ3n) is 13.7. The Hall–Kier alpha value is -2.55. The third-order valence-corrected chi connectivity index (χ3v) is 48.1. The van der Waals surface area contributed by atoms with Crippen LogP contribution in [0, 0.1) is 69.2 Å². The molecule has 2 unspecified atom stereocenters. The Morgan fingerprint density at radius 3 is 1.02 bits per heavy atom. The number of rotatable bonds is 4. The monoisotopic (exact) mass is 792 g/mol. The Kier molecular flexibility index (Phi) is 6.76. The molecule has 0 fully saturated rings. The first-order valence-corrected chi connectivity index (χ1v) is 44.3. The SMILES string of the molecule is Cc1c(C)c(C)c(-c2cccc3c2C=C[CH]3[Hf]([CH3])([CH3])([CH3])([CH3])(=[SiH2])[CH]2C=Cc3c(-c4c(C)c(C)c(C)c(C)c4C)cccc32)c(C)c1C. The van der Waals surface area contributed by atoms with E-state index in [1.807, 2.05) is 0 Å². The van der Waals surface area contributed by atoms with E-state index < -0.39 is 14.2 Å². The molecule has 4 aromatic carbocycles. The molecule has 2 heteroatoms. The Morgan fingerprint density at radius 2 is 0.717 bits per heavy atom. The van der Waals surface area contributed by atoms with Crippen LogP contribution >= 0.6 is 0 Å². The fourth-order valence-electron chi connectivity index (χ4n) is 9.77. The van der Waals surface area contributed by atoms with Gasteiger partial charge >= 0.3 is 277 Å². The maximum atomic E-state index is 2.75. The zero-order chi connectivity index (χ0) is 34.0. The van der Waals surface area contributed by atoms with Crippen molar-refractivity contribution in [2.45, 2.75) is 95.3 Å². The summed E-state index contributed by atoms with van der Waals surface area (Å²) in [6.45, 7) is 25.5. The van der Waals surface area contributed by atoms with Crippen LogP contribution in [0.3, 0.4) is 0 Å². The summed E-state index contributed by atoms with van der Waals surface area (Å²) in [6.07, 6.45) is 10.2. The summed E-state index contributed by atoms with van der Waals surface area (Å²) in [5.74, 6) is 0. The predicted octanol–water partition coefficient (Wildman–Crippen LogP) is 12.4. The van der Waals surface area contributed by atoms with Gasteiger partial charge in [0.05, 0.1) is 0 Å². The van der Waals surface area contributed by atoms with Crippen LogP contribution in [0.1, 0.15) is 85.2 Å². The molecule has 2 aliphatic rings. The number of fused-ring (bicyclic) bond motifs is 2. The molecule has 46 heavy (non-hydrogen) atoms. The molecular weight excluding hydrogens is 735 g/mol. The van der Waals surface area contributed by atoms with Crippen LogP contribution in [0.15, 0.2) is 48.6 Å². The Bertz CT molecular complexity index is 2020. The molecular formula is C44H56HfSi. The van der Waals surface area contributed by atoms with Crippen LogP contribution < -0.4 is 0 Å². The van der Waals surface area contributed by atoms with Crippen LogP contribution in [-0.4, -0.2) is 6.94 Å². The molecule has 240 valence electrons. The molecule has 0 N–H and O–H groups in total. The van der Waals surface area contributed by atoms with E-state index in [4.69, 9.17) is 0 Å². The molecule has 0 radical (unpaired) electrons. The molecule has 0 saturated heterocycles. The first-order valence-electron chi connectivity index (χ1n) is 17.4. The average Bonchev–Trinajstić information content (AvgIpc) is 3.64. The summed E-state index contributed by atoms with van der Waals surface area (Å²) in [4.78, 5) is 0. The zero-order valence-corrected chi connectivity index (χ0v) is 36.1. The van der Waals surface area contributed by atoms with Crippen molar-refractivity contribution in [3.63, 3.8) is 0 Å². The van der Waals surface area contributed by atoms with Crippen molar-refractivity contribution in [3.05, 3.63) is 126 Å². The number of benzene rings is 4. The van der Waals surface area contributed by atoms with Gasteiger partial charge in [0.1, 0.15) is 0 Å². The molecule has 0 saturated carbocycles. The van der Waals surface area contributed by atoms with E-state index in [0.29, 0.717) is 7.35 Å². The van der Waals surface area contributed by atoms with Gasteiger partial charge in [-0.15, -0.1) is 0 Å². The average molecular weight is 792 g/mol. The van der Waals surface area contributed by atoms with Crippen LogP contribution in [-0.2, 0) is 14.2 Å². The summed E-state index contributed by atoms with van der Waals surface area (Å²) >= 11 is -4.85. The van der Waals surface area contributed by atoms with Crippen molar-refractivity contribution in [2.24, 2.45) is 0 Å². The van der Waals surface area contributed by atoms with Gasteiger partial charge in [-0.25, -0.2) is 0 Å². The standard InChI is InChI=1S/2C20H21.4CH3.Hf.H2Si/c2*1-12-13(2)15(4)20(16(5)14(12)3)19-11-7-9-17-8-6-10-18(17)19;;;;;;/h2*6-11H,1-5H3;4*1H3;;1H2. The molecule has 4 aromatic rings. The van der Waals surface area contributed by atoms with Crippen LogP contribution in [0.5, 0.6) is 0 Å². The number of hydrogen-bond donors (Lipinski definition) is 0. The quantitative estimate of drug-likeness (QED) is 0.181. The second-order valence-corrected chi connectivity index (χ2v) is 106. The topological polar surface area (TPSA) is 0 Å². The first kappa shape index (κ1) is 33.4. The Labute approximate surface area is 275 Å². The fraction of sp³-hybridized carbons (Fsp3) is 0.364. The summed E-state index contributed by atoms with van der Waals surface area (Å²) in [7, 11) is 0. The third kappa shape index (κ3) is 4.45. The van der Waals surface area contributed by atoms with E-state index in [1.54, 1.807) is 0 Å². The molecule has 0 bridgehead atoms. The molecule has 2 aliphatic carbocycles. The summed E-state index contributed by atoms with van der Waals surface area (Å²) in [6, 6.07) is 14.3. The minimum atomic E-state index is -4.85. The predicted molar refractivity (Wildman–Crippen MR) is 207 cm³/mol. The van der Waals surface area contributed by atoms with E-state index in [-0.39, 0.29) is 0 Å². The number of allylic oxidation sites excluding steroid dienone is 2. The molecule has 0 nitrogen and oxygen atoms in total. The first-order chi connectivity index (χ1) is 21.0. The van der Waals surface area contributed by atoms with Gasteiger partial charge in [-0.2, -0.15) is 0 Å². The molecule has 6 rings (SSSR count). The van der Waals surface area contributed by atoms with E-state index in [9.17, 15) is 0 Å². The number of hydrogen-bond acceptors (Lipinski definition) is 0. The van der Waals surface area contributed by atoms with Crippen LogP contribution in [0.4, 0.5) is 0 Å². The Balaban J connectivity index is 1.56. The minimum absolute atomic E-state index is 0.391. The summed E-state index contributed by atoms with van der Waals surface area (Å²) in [5, 5.41) is 0. The van der Waals surface area contributed by atoms with Crippen molar-refractivity contribution in [1.82, 2.24) is 0 Å². The van der Waals surface area contributed by atoms with E-state index in [0.717, 1.165) is 0 Å². The van der Waals surface area contributed by atoms with Crippen molar-refractivity contribution in [2.75, 3.05) is 0 Å². The van der Waals surface area contributed by atoms with E-state index in [2.05, 4.69) is 156 Å². The van der Waals surface area contributed by atoms with Gasteiger partial charge in [-0.1, -0.05) is 0 Å². The van der Waals surface area contributed by atoms with Gasteiger partial charge in [-0.3, -0.25) is 0 Å². The van der Waals surface area contributed by atoms with Gasteiger partial charge in [0.25, 0.3) is 0 Å². The summed E-state index contributed by atoms with van der Waals surface area (Å²) < 4.78 is 11.8. The van der Waals surface area contributed by atoms with Crippen molar-refractivity contribution in [1.29, 1.82) is 0 Å².